The van der Waals surface area contributed by atoms with Gasteiger partial charge in [-0.15, -0.1) is 11.3 Å². The summed E-state index contributed by atoms with van der Waals surface area (Å²) in [5.74, 6) is 0.751. The van der Waals surface area contributed by atoms with Gasteiger partial charge in [-0.2, -0.15) is 0 Å². The van der Waals surface area contributed by atoms with E-state index < -0.39 is 0 Å². The molecule has 1 aliphatic rings. The number of hydrogen-bond acceptors (Lipinski definition) is 6. The predicted octanol–water partition coefficient (Wildman–Crippen LogP) is 3.63. The quantitative estimate of drug-likeness (QED) is 0.442. The molecule has 34 heavy (non-hydrogen) atoms. The molecule has 0 aliphatic carbocycles. The summed E-state index contributed by atoms with van der Waals surface area (Å²) < 4.78 is 6.81. The number of fused-ring (bicyclic) bond motifs is 1. The van der Waals surface area contributed by atoms with Crippen LogP contribution in [-0.4, -0.2) is 58.5 Å². The monoisotopic (exact) mass is 474 g/mol. The Kier molecular flexibility index (Phi) is 6.17. The fourth-order valence-corrected chi connectivity index (χ4v) is 5.16. The Labute approximate surface area is 201 Å². The van der Waals surface area contributed by atoms with Crippen molar-refractivity contribution >= 4 is 28.1 Å². The van der Waals surface area contributed by atoms with Crippen molar-refractivity contribution in [3.05, 3.63) is 81.6 Å². The summed E-state index contributed by atoms with van der Waals surface area (Å²) in [6.07, 6.45) is 0. The lowest BCUT2D eigenvalue weighted by molar-refractivity contribution is 0.0629. The summed E-state index contributed by atoms with van der Waals surface area (Å²) in [7, 11) is 3.39. The van der Waals surface area contributed by atoms with Gasteiger partial charge in [0.2, 0.25) is 0 Å². The first-order valence-electron chi connectivity index (χ1n) is 11.2. The third kappa shape index (κ3) is 4.34. The van der Waals surface area contributed by atoms with Gasteiger partial charge in [0, 0.05) is 62.2 Å². The molecule has 0 N–H and O–H groups in total. The van der Waals surface area contributed by atoms with Gasteiger partial charge < -0.3 is 14.2 Å². The fraction of sp³-hybridized carbons (Fsp3) is 0.269. The van der Waals surface area contributed by atoms with E-state index in [1.165, 1.54) is 6.07 Å². The van der Waals surface area contributed by atoms with E-state index >= 15 is 0 Å². The van der Waals surface area contributed by atoms with E-state index in [1.54, 1.807) is 30.1 Å². The molecule has 0 bridgehead atoms. The van der Waals surface area contributed by atoms with Crippen molar-refractivity contribution in [1.82, 2.24) is 19.4 Å². The molecule has 5 rings (SSSR count). The zero-order valence-electron chi connectivity index (χ0n) is 19.2. The highest BCUT2D eigenvalue weighted by Gasteiger charge is 2.24. The number of amides is 1. The number of nitrogens with zero attached hydrogens (tertiary/aromatic N) is 4. The molecule has 8 heteroatoms. The number of aryl methyl sites for hydroxylation is 1. The summed E-state index contributed by atoms with van der Waals surface area (Å²) >= 11 is 1.64. The predicted molar refractivity (Wildman–Crippen MR) is 134 cm³/mol. The number of rotatable bonds is 5. The highest BCUT2D eigenvalue weighted by Crippen LogP contribution is 2.26. The van der Waals surface area contributed by atoms with E-state index in [-0.39, 0.29) is 11.5 Å². The first-order valence-corrected chi connectivity index (χ1v) is 12.1. The minimum absolute atomic E-state index is 0.0796. The van der Waals surface area contributed by atoms with Gasteiger partial charge in [0.1, 0.15) is 10.8 Å². The van der Waals surface area contributed by atoms with Crippen molar-refractivity contribution in [1.29, 1.82) is 0 Å². The highest BCUT2D eigenvalue weighted by atomic mass is 32.1. The lowest BCUT2D eigenvalue weighted by atomic mass is 10.1. The summed E-state index contributed by atoms with van der Waals surface area (Å²) in [6, 6.07) is 17.0. The molecule has 0 spiro atoms. The van der Waals surface area contributed by atoms with E-state index in [0.717, 1.165) is 52.6 Å². The van der Waals surface area contributed by atoms with Crippen LogP contribution in [0.5, 0.6) is 5.75 Å². The molecule has 1 saturated heterocycles. The maximum Gasteiger partial charge on any atom is 0.254 e. The number of methoxy groups -OCH3 is 1. The van der Waals surface area contributed by atoms with Crippen LogP contribution in [0.1, 0.15) is 16.1 Å². The molecule has 174 valence electrons. The standard InChI is InChI=1S/C26H26N4O3S/c1-28-23-6-4-3-5-21(23)22(15-24(28)31)26(32)30-13-11-29(12-14-30)16-19-17-34-25(27-19)18-7-9-20(33-2)10-8-18/h3-10,15,17H,11-14,16H2,1-2H3. The van der Waals surface area contributed by atoms with E-state index in [9.17, 15) is 9.59 Å². The van der Waals surface area contributed by atoms with Gasteiger partial charge in [-0.1, -0.05) is 18.2 Å². The number of pyridine rings is 1. The summed E-state index contributed by atoms with van der Waals surface area (Å²) in [4.78, 5) is 34.7. The van der Waals surface area contributed by atoms with Gasteiger partial charge in [-0.25, -0.2) is 4.98 Å². The normalized spacial score (nSPS) is 14.5. The van der Waals surface area contributed by atoms with Crippen molar-refractivity contribution in [2.75, 3.05) is 33.3 Å². The Morgan fingerprint density at radius 3 is 2.53 bits per heavy atom. The molecule has 1 amide bonds. The summed E-state index contributed by atoms with van der Waals surface area (Å²) in [5, 5.41) is 3.90. The molecule has 0 saturated carbocycles. The molecule has 2 aromatic heterocycles. The van der Waals surface area contributed by atoms with E-state index in [0.29, 0.717) is 18.7 Å². The largest absolute Gasteiger partial charge is 0.497 e. The number of piperazine rings is 1. The molecule has 4 aromatic rings. The molecule has 0 radical (unpaired) electrons. The van der Waals surface area contributed by atoms with Crippen LogP contribution in [0, 0.1) is 0 Å². The molecular formula is C26H26N4O3S. The molecule has 1 fully saturated rings. The van der Waals surface area contributed by atoms with Gasteiger partial charge in [-0.3, -0.25) is 14.5 Å². The highest BCUT2D eigenvalue weighted by molar-refractivity contribution is 7.13. The lowest BCUT2D eigenvalue weighted by Crippen LogP contribution is -2.48. The Hall–Kier alpha value is -3.49. The number of carbonyl (C=O) groups excluding carboxylic acids is 1. The number of hydrogen-bond donors (Lipinski definition) is 0. The Bertz CT molecular complexity index is 1390. The average Bonchev–Trinajstić information content (AvgIpc) is 3.35. The summed E-state index contributed by atoms with van der Waals surface area (Å²) in [6.45, 7) is 3.53. The zero-order valence-corrected chi connectivity index (χ0v) is 20.0. The van der Waals surface area contributed by atoms with Crippen LogP contribution >= 0.6 is 11.3 Å². The first kappa shape index (κ1) is 22.3. The van der Waals surface area contributed by atoms with Gasteiger partial charge in [0.15, 0.2) is 0 Å². The van der Waals surface area contributed by atoms with Crippen molar-refractivity contribution in [2.24, 2.45) is 7.05 Å². The molecule has 2 aromatic carbocycles. The third-order valence-corrected chi connectivity index (χ3v) is 7.26. The zero-order chi connectivity index (χ0) is 23.7. The fourth-order valence-electron chi connectivity index (χ4n) is 4.34. The Balaban J connectivity index is 1.24. The number of ether oxygens (including phenoxy) is 1. The lowest BCUT2D eigenvalue weighted by Gasteiger charge is -2.34. The van der Waals surface area contributed by atoms with Crippen LogP contribution in [0.3, 0.4) is 0 Å². The van der Waals surface area contributed by atoms with Crippen LogP contribution in [0.2, 0.25) is 0 Å². The van der Waals surface area contributed by atoms with Crippen molar-refractivity contribution in [2.45, 2.75) is 6.54 Å². The van der Waals surface area contributed by atoms with Crippen LogP contribution in [0.15, 0.2) is 64.8 Å². The number of benzene rings is 2. The summed E-state index contributed by atoms with van der Waals surface area (Å²) in [5.41, 5.74) is 3.20. The molecule has 1 aliphatic heterocycles. The van der Waals surface area contributed by atoms with Gasteiger partial charge in [0.25, 0.3) is 11.5 Å². The first-order chi connectivity index (χ1) is 16.5. The van der Waals surface area contributed by atoms with Crippen LogP contribution < -0.4 is 10.3 Å². The molecule has 3 heterocycles. The van der Waals surface area contributed by atoms with Crippen LogP contribution in [-0.2, 0) is 13.6 Å². The molecule has 0 atom stereocenters. The number of thiazole rings is 1. The second-order valence-electron chi connectivity index (χ2n) is 8.41. The smallest absolute Gasteiger partial charge is 0.254 e. The van der Waals surface area contributed by atoms with Crippen LogP contribution in [0.25, 0.3) is 21.5 Å². The van der Waals surface area contributed by atoms with Gasteiger partial charge in [0.05, 0.1) is 23.9 Å². The number of carbonyl (C=O) groups is 1. The second kappa shape index (κ2) is 9.40. The van der Waals surface area contributed by atoms with E-state index in [1.807, 2.05) is 53.4 Å². The minimum Gasteiger partial charge on any atom is -0.497 e. The number of para-hydroxylation sites is 1. The molecule has 0 unspecified atom stereocenters. The third-order valence-electron chi connectivity index (χ3n) is 6.32. The van der Waals surface area contributed by atoms with E-state index in [4.69, 9.17) is 9.72 Å². The van der Waals surface area contributed by atoms with Gasteiger partial charge in [-0.05, 0) is 30.3 Å². The topological polar surface area (TPSA) is 67.7 Å². The average molecular weight is 475 g/mol. The van der Waals surface area contributed by atoms with Crippen molar-refractivity contribution in [3.63, 3.8) is 0 Å². The maximum atomic E-state index is 13.3. The number of aromatic nitrogens is 2. The Morgan fingerprint density at radius 2 is 1.79 bits per heavy atom. The maximum absolute atomic E-state index is 13.3. The SMILES string of the molecule is COc1ccc(-c2nc(CN3CCN(C(=O)c4cc(=O)n(C)c5ccccc45)CC3)cs2)cc1. The molecule has 7 nitrogen and oxygen atoms in total. The van der Waals surface area contributed by atoms with Crippen LogP contribution in [0.4, 0.5) is 0 Å². The molecular weight excluding hydrogens is 448 g/mol. The van der Waals surface area contributed by atoms with Gasteiger partial charge >= 0.3 is 0 Å². The minimum atomic E-state index is -0.170. The van der Waals surface area contributed by atoms with Crippen molar-refractivity contribution < 1.29 is 9.53 Å². The second-order valence-corrected chi connectivity index (χ2v) is 9.27. The van der Waals surface area contributed by atoms with E-state index in [2.05, 4.69) is 10.3 Å². The van der Waals surface area contributed by atoms with Crippen molar-refractivity contribution in [3.8, 4) is 16.3 Å². The Morgan fingerprint density at radius 1 is 1.06 bits per heavy atom.